The fourth-order valence-electron chi connectivity index (χ4n) is 0.641. The molecule has 0 aromatic heterocycles. The molecule has 1 aliphatic heterocycles. The van der Waals surface area contributed by atoms with E-state index in [2.05, 4.69) is 5.32 Å². The molecule has 9 heavy (non-hydrogen) atoms. The third-order valence-corrected chi connectivity index (χ3v) is 1.14. The number of hydrogen-bond acceptors (Lipinski definition) is 3. The van der Waals surface area contributed by atoms with Gasteiger partial charge in [-0.05, 0) is 0 Å². The van der Waals surface area contributed by atoms with Gasteiger partial charge in [0.2, 0.25) is 6.04 Å². The van der Waals surface area contributed by atoms with Gasteiger partial charge in [0.05, 0.1) is 0 Å². The van der Waals surface area contributed by atoms with Crippen LogP contribution in [0.4, 0.5) is 0 Å². The van der Waals surface area contributed by atoms with Gasteiger partial charge in [-0.3, -0.25) is 10.1 Å². The highest BCUT2D eigenvalue weighted by Crippen LogP contribution is 1.86. The number of hydroxylamine groups is 1. The molecule has 5 nitrogen and oxygen atoms in total. The van der Waals surface area contributed by atoms with Gasteiger partial charge < -0.3 is 10.9 Å². The van der Waals surface area contributed by atoms with E-state index in [1.165, 1.54) is 6.34 Å². The summed E-state index contributed by atoms with van der Waals surface area (Å²) < 4.78 is 0.884. The quantitative estimate of drug-likeness (QED) is 0.280. The van der Waals surface area contributed by atoms with Crippen LogP contribution < -0.4 is 11.1 Å². The average molecular weight is 130 g/mol. The molecule has 0 fully saturated rings. The summed E-state index contributed by atoms with van der Waals surface area (Å²) >= 11 is 0. The maximum atomic E-state index is 10.3. The SMILES string of the molecule is NC(=O)C1C[N+](O)=CN1. The number of nitrogens with two attached hydrogens (primary N) is 1. The minimum atomic E-state index is -0.456. The molecule has 4 N–H and O–H groups in total. The molecule has 0 spiro atoms. The summed E-state index contributed by atoms with van der Waals surface area (Å²) in [6, 6.07) is -0.449. The molecule has 5 heteroatoms. The van der Waals surface area contributed by atoms with E-state index < -0.39 is 11.9 Å². The van der Waals surface area contributed by atoms with Crippen molar-refractivity contribution in [2.75, 3.05) is 6.54 Å². The first kappa shape index (κ1) is 5.87. The highest BCUT2D eigenvalue weighted by atomic mass is 16.5. The molecule has 1 rings (SSSR count). The van der Waals surface area contributed by atoms with Crippen molar-refractivity contribution < 1.29 is 14.7 Å². The molecule has 0 bridgehead atoms. The third kappa shape index (κ3) is 1.10. The summed E-state index contributed by atoms with van der Waals surface area (Å²) in [5, 5.41) is 11.2. The average Bonchev–Trinajstić information content (AvgIpc) is 2.14. The van der Waals surface area contributed by atoms with Crippen LogP contribution in [0.3, 0.4) is 0 Å². The normalized spacial score (nSPS) is 24.9. The second kappa shape index (κ2) is 1.93. The fraction of sp³-hybridized carbons (Fsp3) is 0.500. The number of rotatable bonds is 1. The van der Waals surface area contributed by atoms with Gasteiger partial charge in [0, 0.05) is 0 Å². The molecule has 0 saturated carbocycles. The van der Waals surface area contributed by atoms with Gasteiger partial charge in [-0.15, -0.1) is 0 Å². The standard InChI is InChI=1S/C4H7N3O2/c5-4(8)3-1-7(9)2-6-3/h2-3,9H,1H2,(H2,5,8)/p+1. The predicted molar refractivity (Wildman–Crippen MR) is 29.1 cm³/mol. The summed E-state index contributed by atoms with van der Waals surface area (Å²) in [6.45, 7) is 0.231. The maximum absolute atomic E-state index is 10.3. The Kier molecular flexibility index (Phi) is 1.26. The minimum Gasteiger partial charge on any atom is -0.366 e. The number of nitrogens with zero attached hydrogens (tertiary/aromatic N) is 1. The first-order valence-corrected chi connectivity index (χ1v) is 2.54. The Morgan fingerprint density at radius 3 is 2.89 bits per heavy atom. The largest absolute Gasteiger partial charge is 0.366 e. The van der Waals surface area contributed by atoms with Crippen molar-refractivity contribution in [3.63, 3.8) is 0 Å². The molecular weight excluding hydrogens is 122 g/mol. The second-order valence-electron chi connectivity index (χ2n) is 1.87. The van der Waals surface area contributed by atoms with Crippen LogP contribution in [0.15, 0.2) is 0 Å². The second-order valence-corrected chi connectivity index (χ2v) is 1.87. The highest BCUT2D eigenvalue weighted by Gasteiger charge is 2.27. The van der Waals surface area contributed by atoms with Gasteiger partial charge in [0.25, 0.3) is 12.2 Å². The number of primary amides is 1. The van der Waals surface area contributed by atoms with Gasteiger partial charge in [0.1, 0.15) is 0 Å². The van der Waals surface area contributed by atoms with Crippen LogP contribution in [-0.4, -0.2) is 34.8 Å². The van der Waals surface area contributed by atoms with Crippen molar-refractivity contribution in [2.45, 2.75) is 6.04 Å². The Bertz CT molecular complexity index is 165. The van der Waals surface area contributed by atoms with Gasteiger partial charge in [-0.2, -0.15) is 0 Å². The zero-order valence-electron chi connectivity index (χ0n) is 4.74. The summed E-state index contributed by atoms with van der Waals surface area (Å²) in [6.07, 6.45) is 1.30. The van der Waals surface area contributed by atoms with Crippen LogP contribution in [0, 0.1) is 0 Å². The molecule has 0 radical (unpaired) electrons. The summed E-state index contributed by atoms with van der Waals surface area (Å²) in [7, 11) is 0. The lowest BCUT2D eigenvalue weighted by Crippen LogP contribution is -2.39. The van der Waals surface area contributed by atoms with Crippen LogP contribution >= 0.6 is 0 Å². The van der Waals surface area contributed by atoms with Crippen molar-refractivity contribution >= 4 is 12.2 Å². The summed E-state index contributed by atoms with van der Waals surface area (Å²) in [4.78, 5) is 10.3. The molecule has 1 amide bonds. The van der Waals surface area contributed by atoms with E-state index in [0.717, 1.165) is 4.74 Å². The van der Waals surface area contributed by atoms with Gasteiger partial charge in [-0.25, -0.2) is 0 Å². The van der Waals surface area contributed by atoms with Crippen molar-refractivity contribution in [1.29, 1.82) is 0 Å². The van der Waals surface area contributed by atoms with Crippen LogP contribution in [0.1, 0.15) is 0 Å². The van der Waals surface area contributed by atoms with Crippen LogP contribution in [0.25, 0.3) is 0 Å². The monoisotopic (exact) mass is 130 g/mol. The van der Waals surface area contributed by atoms with E-state index in [-0.39, 0.29) is 6.54 Å². The summed E-state index contributed by atoms with van der Waals surface area (Å²) in [5.41, 5.74) is 4.90. The number of nitrogens with one attached hydrogen (secondary N) is 1. The minimum absolute atomic E-state index is 0.231. The zero-order chi connectivity index (χ0) is 6.85. The Morgan fingerprint density at radius 2 is 2.67 bits per heavy atom. The smallest absolute Gasteiger partial charge is 0.272 e. The van der Waals surface area contributed by atoms with Crippen LogP contribution in [0.5, 0.6) is 0 Å². The van der Waals surface area contributed by atoms with Gasteiger partial charge >= 0.3 is 0 Å². The molecule has 1 aliphatic rings. The van der Waals surface area contributed by atoms with Crippen molar-refractivity contribution in [1.82, 2.24) is 5.32 Å². The van der Waals surface area contributed by atoms with E-state index in [1.807, 2.05) is 0 Å². The lowest BCUT2D eigenvalue weighted by molar-refractivity contribution is -0.766. The van der Waals surface area contributed by atoms with E-state index in [0.29, 0.717) is 0 Å². The molecule has 1 heterocycles. The molecular formula is C4H8N3O2+. The molecule has 0 aliphatic carbocycles. The van der Waals surface area contributed by atoms with Gasteiger partial charge in [-0.1, -0.05) is 4.74 Å². The Balaban J connectivity index is 2.47. The topological polar surface area (TPSA) is 78.4 Å². The highest BCUT2D eigenvalue weighted by molar-refractivity contribution is 5.82. The van der Waals surface area contributed by atoms with Crippen LogP contribution in [-0.2, 0) is 4.79 Å². The molecule has 0 aromatic rings. The van der Waals surface area contributed by atoms with Crippen molar-refractivity contribution in [3.8, 4) is 0 Å². The lowest BCUT2D eigenvalue weighted by Gasteiger charge is -1.95. The number of hydrogen-bond donors (Lipinski definition) is 3. The number of carbonyl (C=O) groups excluding carboxylic acids is 1. The van der Waals surface area contributed by atoms with Gasteiger partial charge in [0.15, 0.2) is 6.54 Å². The summed E-state index contributed by atoms with van der Waals surface area (Å²) in [5.74, 6) is -0.456. The van der Waals surface area contributed by atoms with E-state index in [4.69, 9.17) is 10.9 Å². The Morgan fingerprint density at radius 1 is 2.00 bits per heavy atom. The molecule has 0 saturated heterocycles. The molecule has 1 atom stereocenters. The first-order chi connectivity index (χ1) is 4.20. The Hall–Kier alpha value is -1.26. The lowest BCUT2D eigenvalue weighted by atomic mass is 10.3. The Labute approximate surface area is 51.7 Å². The van der Waals surface area contributed by atoms with E-state index in [1.54, 1.807) is 0 Å². The van der Waals surface area contributed by atoms with E-state index in [9.17, 15) is 4.79 Å². The molecule has 1 unspecified atom stereocenters. The molecule has 50 valence electrons. The van der Waals surface area contributed by atoms with Crippen molar-refractivity contribution in [2.24, 2.45) is 5.73 Å². The van der Waals surface area contributed by atoms with E-state index >= 15 is 0 Å². The third-order valence-electron chi connectivity index (χ3n) is 1.14. The molecule has 0 aromatic carbocycles. The fourth-order valence-corrected chi connectivity index (χ4v) is 0.641. The van der Waals surface area contributed by atoms with Crippen LogP contribution in [0.2, 0.25) is 0 Å². The number of amides is 1. The van der Waals surface area contributed by atoms with Crippen molar-refractivity contribution in [3.05, 3.63) is 0 Å². The maximum Gasteiger partial charge on any atom is 0.272 e. The first-order valence-electron chi connectivity index (χ1n) is 2.54. The number of carbonyl (C=O) groups is 1. The predicted octanol–water partition coefficient (Wildman–Crippen LogP) is -2.13. The zero-order valence-corrected chi connectivity index (χ0v) is 4.74.